The van der Waals surface area contributed by atoms with E-state index < -0.39 is 0 Å². The third-order valence-corrected chi connectivity index (χ3v) is 2.80. The number of nitrogens with zero attached hydrogens (tertiary/aromatic N) is 1. The molecule has 1 rings (SSSR count). The second-order valence-corrected chi connectivity index (χ2v) is 4.63. The number of rotatable bonds is 5. The molecule has 0 aliphatic rings. The van der Waals surface area contributed by atoms with Crippen LogP contribution in [0.2, 0.25) is 5.02 Å². The maximum absolute atomic E-state index is 9.19. The highest BCUT2D eigenvalue weighted by molar-refractivity contribution is 6.31. The van der Waals surface area contributed by atoms with E-state index in [2.05, 4.69) is 4.90 Å². The first-order valence-electron chi connectivity index (χ1n) is 5.39. The molecule has 0 fully saturated rings. The lowest BCUT2D eigenvalue weighted by Crippen LogP contribution is -2.22. The average molecular weight is 243 g/mol. The maximum Gasteiger partial charge on any atom is 0.0524 e. The average Bonchev–Trinajstić information content (AvgIpc) is 2.19. The van der Waals surface area contributed by atoms with Crippen LogP contribution in [0.25, 0.3) is 0 Å². The summed E-state index contributed by atoms with van der Waals surface area (Å²) in [6, 6.07) is 5.56. The highest BCUT2D eigenvalue weighted by Crippen LogP contribution is 2.20. The molecule has 0 spiro atoms. The van der Waals surface area contributed by atoms with Crippen LogP contribution >= 0.6 is 11.6 Å². The molecular weight excluding hydrogens is 224 g/mol. The minimum atomic E-state index is -0.260. The zero-order chi connectivity index (χ0) is 12.1. The van der Waals surface area contributed by atoms with Gasteiger partial charge in [0.05, 0.1) is 6.10 Å². The van der Waals surface area contributed by atoms with Crippen molar-refractivity contribution in [1.29, 1.82) is 0 Å². The second-order valence-electron chi connectivity index (χ2n) is 4.23. The summed E-state index contributed by atoms with van der Waals surface area (Å²) in [6.45, 7) is 3.41. The number of hydrogen-bond donors (Lipinski definition) is 2. The lowest BCUT2D eigenvalue weighted by Gasteiger charge is -2.18. The highest BCUT2D eigenvalue weighted by Gasteiger charge is 2.06. The van der Waals surface area contributed by atoms with Crippen LogP contribution in [-0.2, 0) is 6.54 Å². The standard InChI is InChI=1S/C12H19ClN2O/c1-9(16)5-6-15(2)8-10-3-4-11(14)7-12(10)13/h3-4,7,9,16H,5-6,8,14H2,1-2H3. The fourth-order valence-electron chi connectivity index (χ4n) is 1.47. The van der Waals surface area contributed by atoms with Crippen molar-refractivity contribution in [2.45, 2.75) is 26.0 Å². The van der Waals surface area contributed by atoms with Crippen molar-refractivity contribution in [1.82, 2.24) is 4.90 Å². The van der Waals surface area contributed by atoms with E-state index in [9.17, 15) is 5.11 Å². The van der Waals surface area contributed by atoms with Gasteiger partial charge in [0, 0.05) is 23.8 Å². The molecule has 1 aromatic rings. The molecule has 0 aromatic heterocycles. The minimum Gasteiger partial charge on any atom is -0.399 e. The van der Waals surface area contributed by atoms with Crippen molar-refractivity contribution in [3.05, 3.63) is 28.8 Å². The molecule has 3 nitrogen and oxygen atoms in total. The molecule has 16 heavy (non-hydrogen) atoms. The van der Waals surface area contributed by atoms with Gasteiger partial charge in [0.1, 0.15) is 0 Å². The Morgan fingerprint density at radius 2 is 2.19 bits per heavy atom. The van der Waals surface area contributed by atoms with E-state index in [0.717, 1.165) is 25.1 Å². The number of nitrogens with two attached hydrogens (primary N) is 1. The van der Waals surface area contributed by atoms with E-state index in [1.54, 1.807) is 13.0 Å². The van der Waals surface area contributed by atoms with E-state index in [4.69, 9.17) is 17.3 Å². The molecular formula is C12H19ClN2O. The Morgan fingerprint density at radius 1 is 1.50 bits per heavy atom. The van der Waals surface area contributed by atoms with Crippen LogP contribution in [0.15, 0.2) is 18.2 Å². The predicted octanol–water partition coefficient (Wildman–Crippen LogP) is 2.12. The molecule has 0 bridgehead atoms. The molecule has 0 amide bonds. The zero-order valence-electron chi connectivity index (χ0n) is 9.78. The fourth-order valence-corrected chi connectivity index (χ4v) is 1.72. The molecule has 0 heterocycles. The smallest absolute Gasteiger partial charge is 0.0524 e. The molecule has 0 aliphatic carbocycles. The Bertz CT molecular complexity index is 342. The predicted molar refractivity (Wildman–Crippen MR) is 68.5 cm³/mol. The van der Waals surface area contributed by atoms with Gasteiger partial charge in [-0.25, -0.2) is 0 Å². The molecule has 0 aliphatic heterocycles. The molecule has 1 unspecified atom stereocenters. The summed E-state index contributed by atoms with van der Waals surface area (Å²) >= 11 is 6.08. The molecule has 1 atom stereocenters. The quantitative estimate of drug-likeness (QED) is 0.778. The number of aliphatic hydroxyl groups is 1. The van der Waals surface area contributed by atoms with Gasteiger partial charge in [0.15, 0.2) is 0 Å². The second kappa shape index (κ2) is 6.09. The van der Waals surface area contributed by atoms with Crippen LogP contribution in [0.5, 0.6) is 0 Å². The summed E-state index contributed by atoms with van der Waals surface area (Å²) in [5.74, 6) is 0. The summed E-state index contributed by atoms with van der Waals surface area (Å²) < 4.78 is 0. The van der Waals surface area contributed by atoms with Crippen molar-refractivity contribution in [2.75, 3.05) is 19.3 Å². The third kappa shape index (κ3) is 4.39. The molecule has 90 valence electrons. The first-order chi connectivity index (χ1) is 7.49. The van der Waals surface area contributed by atoms with Gasteiger partial charge in [-0.05, 0) is 38.1 Å². The van der Waals surface area contributed by atoms with Crippen LogP contribution in [0, 0.1) is 0 Å². The topological polar surface area (TPSA) is 49.5 Å². The molecule has 4 heteroatoms. The minimum absolute atomic E-state index is 0.260. The van der Waals surface area contributed by atoms with Gasteiger partial charge in [-0.15, -0.1) is 0 Å². The van der Waals surface area contributed by atoms with E-state index >= 15 is 0 Å². The summed E-state index contributed by atoms with van der Waals surface area (Å²) in [7, 11) is 2.01. The number of halogens is 1. The Balaban J connectivity index is 2.52. The molecule has 0 saturated heterocycles. The van der Waals surface area contributed by atoms with Gasteiger partial charge >= 0.3 is 0 Å². The summed E-state index contributed by atoms with van der Waals surface area (Å²) in [4.78, 5) is 2.13. The zero-order valence-corrected chi connectivity index (χ0v) is 10.5. The first-order valence-corrected chi connectivity index (χ1v) is 5.77. The first kappa shape index (κ1) is 13.3. The van der Waals surface area contributed by atoms with Gasteiger partial charge in [-0.2, -0.15) is 0 Å². The lowest BCUT2D eigenvalue weighted by atomic mass is 10.2. The fraction of sp³-hybridized carbons (Fsp3) is 0.500. The molecule has 1 aromatic carbocycles. The van der Waals surface area contributed by atoms with Crippen LogP contribution in [0.1, 0.15) is 18.9 Å². The van der Waals surface area contributed by atoms with Crippen molar-refractivity contribution >= 4 is 17.3 Å². The van der Waals surface area contributed by atoms with E-state index in [-0.39, 0.29) is 6.10 Å². The lowest BCUT2D eigenvalue weighted by molar-refractivity contribution is 0.163. The molecule has 3 N–H and O–H groups in total. The summed E-state index contributed by atoms with van der Waals surface area (Å²) in [6.07, 6.45) is 0.507. The molecule has 0 saturated carbocycles. The van der Waals surface area contributed by atoms with Crippen molar-refractivity contribution in [2.24, 2.45) is 0 Å². The van der Waals surface area contributed by atoms with Gasteiger partial charge < -0.3 is 15.7 Å². The van der Waals surface area contributed by atoms with Crippen LogP contribution in [-0.4, -0.2) is 29.7 Å². The number of hydrogen-bond acceptors (Lipinski definition) is 3. The Labute approximate surface area is 102 Å². The van der Waals surface area contributed by atoms with Crippen molar-refractivity contribution in [3.8, 4) is 0 Å². The largest absolute Gasteiger partial charge is 0.399 e. The van der Waals surface area contributed by atoms with Crippen LogP contribution < -0.4 is 5.73 Å². The van der Waals surface area contributed by atoms with Crippen LogP contribution in [0.3, 0.4) is 0 Å². The highest BCUT2D eigenvalue weighted by atomic mass is 35.5. The van der Waals surface area contributed by atoms with E-state index in [1.807, 2.05) is 19.2 Å². The summed E-state index contributed by atoms with van der Waals surface area (Å²) in [5.41, 5.74) is 7.37. The Morgan fingerprint density at radius 3 is 2.75 bits per heavy atom. The normalized spacial score (nSPS) is 13.1. The number of nitrogen functional groups attached to an aromatic ring is 1. The van der Waals surface area contributed by atoms with Crippen molar-refractivity contribution in [3.63, 3.8) is 0 Å². The van der Waals surface area contributed by atoms with E-state index in [1.165, 1.54) is 0 Å². The van der Waals surface area contributed by atoms with Gasteiger partial charge in [0.2, 0.25) is 0 Å². The van der Waals surface area contributed by atoms with Gasteiger partial charge in [-0.3, -0.25) is 0 Å². The number of aliphatic hydroxyl groups excluding tert-OH is 1. The third-order valence-electron chi connectivity index (χ3n) is 2.45. The Hall–Kier alpha value is -0.770. The Kier molecular flexibility index (Phi) is 5.06. The number of anilines is 1. The maximum atomic E-state index is 9.19. The number of benzene rings is 1. The summed E-state index contributed by atoms with van der Waals surface area (Å²) in [5, 5.41) is 9.89. The van der Waals surface area contributed by atoms with Gasteiger partial charge in [0.25, 0.3) is 0 Å². The van der Waals surface area contributed by atoms with Gasteiger partial charge in [-0.1, -0.05) is 17.7 Å². The molecule has 0 radical (unpaired) electrons. The van der Waals surface area contributed by atoms with Crippen LogP contribution in [0.4, 0.5) is 5.69 Å². The SMILES string of the molecule is CC(O)CCN(C)Cc1ccc(N)cc1Cl. The van der Waals surface area contributed by atoms with E-state index in [0.29, 0.717) is 10.7 Å². The monoisotopic (exact) mass is 242 g/mol. The van der Waals surface area contributed by atoms with Crippen molar-refractivity contribution < 1.29 is 5.11 Å².